The molecule has 6 nitrogen and oxygen atoms in total. The van der Waals surface area contributed by atoms with Gasteiger partial charge in [0.2, 0.25) is 5.60 Å². The summed E-state index contributed by atoms with van der Waals surface area (Å²) in [6.07, 6.45) is 0.301. The van der Waals surface area contributed by atoms with E-state index in [9.17, 15) is 14.0 Å². The molecule has 0 radical (unpaired) electrons. The van der Waals surface area contributed by atoms with Gasteiger partial charge in [0, 0.05) is 12.8 Å². The Balaban J connectivity index is 1.93. The quantitative estimate of drug-likeness (QED) is 0.839. The van der Waals surface area contributed by atoms with Gasteiger partial charge in [-0.1, -0.05) is 23.4 Å². The molecular formula is C17H21FN2O4. The third kappa shape index (κ3) is 4.78. The predicted octanol–water partition coefficient (Wildman–Crippen LogP) is 2.61. The maximum atomic E-state index is 13.8. The van der Waals surface area contributed by atoms with Gasteiger partial charge in [-0.15, -0.1) is 0 Å². The van der Waals surface area contributed by atoms with Gasteiger partial charge in [-0.05, 0) is 32.4 Å². The van der Waals surface area contributed by atoms with Crippen LogP contribution in [0.1, 0.15) is 32.8 Å². The molecule has 1 unspecified atom stereocenters. The molecule has 0 bridgehead atoms. The molecule has 1 aromatic carbocycles. The number of amides is 1. The smallest absolute Gasteiger partial charge is 0.407 e. The molecule has 0 aliphatic carbocycles. The first-order chi connectivity index (χ1) is 11.2. The number of hydrogen-bond acceptors (Lipinski definition) is 5. The lowest BCUT2D eigenvalue weighted by atomic mass is 9.91. The van der Waals surface area contributed by atoms with Crippen LogP contribution in [0.5, 0.6) is 0 Å². The molecule has 7 heteroatoms. The molecule has 2 rings (SSSR count). The third-order valence-corrected chi connectivity index (χ3v) is 3.36. The summed E-state index contributed by atoms with van der Waals surface area (Å²) in [5.74, 6) is -0.400. The summed E-state index contributed by atoms with van der Waals surface area (Å²) in [4.78, 5) is 28.4. The average Bonchev–Trinajstić information content (AvgIpc) is 2.90. The second kappa shape index (κ2) is 6.98. The van der Waals surface area contributed by atoms with Crippen molar-refractivity contribution >= 4 is 18.1 Å². The molecule has 1 aliphatic heterocycles. The molecule has 0 saturated heterocycles. The molecule has 1 N–H and O–H groups in total. The van der Waals surface area contributed by atoms with E-state index in [1.54, 1.807) is 39.0 Å². The van der Waals surface area contributed by atoms with Crippen LogP contribution in [0.15, 0.2) is 29.4 Å². The van der Waals surface area contributed by atoms with E-state index in [0.29, 0.717) is 17.6 Å². The van der Waals surface area contributed by atoms with Crippen LogP contribution in [0.25, 0.3) is 0 Å². The summed E-state index contributed by atoms with van der Waals surface area (Å²) in [7, 11) is 0. The van der Waals surface area contributed by atoms with Gasteiger partial charge < -0.3 is 14.9 Å². The lowest BCUT2D eigenvalue weighted by Crippen LogP contribution is -2.38. The van der Waals surface area contributed by atoms with Crippen molar-refractivity contribution in [1.82, 2.24) is 5.32 Å². The normalized spacial score (nSPS) is 20.1. The summed E-state index contributed by atoms with van der Waals surface area (Å²) in [6, 6.07) is 6.20. The molecule has 1 aromatic rings. The molecule has 1 aliphatic rings. The van der Waals surface area contributed by atoms with E-state index in [1.165, 1.54) is 6.07 Å². The van der Waals surface area contributed by atoms with Crippen LogP contribution >= 0.6 is 0 Å². The molecule has 1 amide bonds. The Morgan fingerprint density at radius 3 is 2.79 bits per heavy atom. The molecule has 24 heavy (non-hydrogen) atoms. The van der Waals surface area contributed by atoms with Crippen LogP contribution in [-0.2, 0) is 20.8 Å². The Morgan fingerprint density at radius 1 is 1.46 bits per heavy atom. The highest BCUT2D eigenvalue weighted by Gasteiger charge is 2.40. The molecule has 1 atom stereocenters. The molecule has 0 fully saturated rings. The summed E-state index contributed by atoms with van der Waals surface area (Å²) >= 11 is 0. The number of rotatable bonds is 5. The summed E-state index contributed by atoms with van der Waals surface area (Å²) < 4.78 is 18.9. The van der Waals surface area contributed by atoms with E-state index in [1.807, 2.05) is 0 Å². The summed E-state index contributed by atoms with van der Waals surface area (Å²) in [5.41, 5.74) is -0.978. The topological polar surface area (TPSA) is 77.0 Å². The van der Waals surface area contributed by atoms with Gasteiger partial charge in [-0.25, -0.2) is 9.18 Å². The molecule has 130 valence electrons. The number of nitrogens with one attached hydrogen (secondary N) is 1. The van der Waals surface area contributed by atoms with Gasteiger partial charge in [-0.3, -0.25) is 4.79 Å². The molecule has 0 saturated carbocycles. The first kappa shape index (κ1) is 17.9. The summed E-state index contributed by atoms with van der Waals surface area (Å²) in [5, 5.41) is 6.40. The van der Waals surface area contributed by atoms with Crippen LogP contribution in [0.4, 0.5) is 9.18 Å². The number of oxime groups is 1. The van der Waals surface area contributed by atoms with Crippen LogP contribution in [0.3, 0.4) is 0 Å². The Morgan fingerprint density at radius 2 is 2.17 bits per heavy atom. The Labute approximate surface area is 140 Å². The number of benzene rings is 1. The monoisotopic (exact) mass is 336 g/mol. The Kier molecular flexibility index (Phi) is 5.21. The highest BCUT2D eigenvalue weighted by molar-refractivity contribution is 5.93. The number of nitrogens with zero attached hydrogens (tertiary/aromatic N) is 1. The van der Waals surface area contributed by atoms with E-state index in [2.05, 4.69) is 10.5 Å². The molecule has 0 aromatic heterocycles. The van der Waals surface area contributed by atoms with Gasteiger partial charge in [0.05, 0.1) is 12.3 Å². The van der Waals surface area contributed by atoms with Gasteiger partial charge in [-0.2, -0.15) is 0 Å². The fraction of sp³-hybridized carbons (Fsp3) is 0.471. The van der Waals surface area contributed by atoms with Crippen LogP contribution in [-0.4, -0.2) is 35.8 Å². The van der Waals surface area contributed by atoms with Gasteiger partial charge in [0.1, 0.15) is 11.4 Å². The Bertz CT molecular complexity index is 654. The van der Waals surface area contributed by atoms with Crippen molar-refractivity contribution in [2.45, 2.75) is 44.8 Å². The second-order valence-corrected chi connectivity index (χ2v) is 6.73. The zero-order valence-corrected chi connectivity index (χ0v) is 14.0. The molecule has 0 spiro atoms. The fourth-order valence-corrected chi connectivity index (χ4v) is 2.31. The Hall–Kier alpha value is -2.44. The third-order valence-electron chi connectivity index (χ3n) is 3.36. The van der Waals surface area contributed by atoms with Crippen molar-refractivity contribution in [1.29, 1.82) is 0 Å². The minimum atomic E-state index is -1.24. The van der Waals surface area contributed by atoms with Gasteiger partial charge >= 0.3 is 6.09 Å². The predicted molar refractivity (Wildman–Crippen MR) is 86.3 cm³/mol. The maximum Gasteiger partial charge on any atom is 0.407 e. The van der Waals surface area contributed by atoms with Crippen molar-refractivity contribution < 1.29 is 23.6 Å². The number of ether oxygens (including phenoxy) is 1. The van der Waals surface area contributed by atoms with Crippen LogP contribution in [0, 0.1) is 5.82 Å². The number of carbonyl (C=O) groups excluding carboxylic acids is 2. The maximum absolute atomic E-state index is 13.8. The van der Waals surface area contributed by atoms with Gasteiger partial charge in [0.25, 0.3) is 0 Å². The van der Waals surface area contributed by atoms with Crippen molar-refractivity contribution in [2.75, 3.05) is 6.54 Å². The standard InChI is InChI=1S/C17H21FN2O4/c1-16(2,3)23-15(22)19-10-13-9-17(11-21,24-20-13)8-12-6-4-5-7-14(12)18/h4-7,11H,8-10H2,1-3H3,(H,19,22). The second-order valence-electron chi connectivity index (χ2n) is 6.73. The highest BCUT2D eigenvalue weighted by atomic mass is 19.1. The first-order valence-corrected chi connectivity index (χ1v) is 7.63. The van der Waals surface area contributed by atoms with Crippen LogP contribution < -0.4 is 5.32 Å². The highest BCUT2D eigenvalue weighted by Crippen LogP contribution is 2.27. The minimum Gasteiger partial charge on any atom is -0.444 e. The lowest BCUT2D eigenvalue weighted by Gasteiger charge is -2.20. The number of alkyl carbamates (subject to hydrolysis) is 1. The number of halogens is 1. The first-order valence-electron chi connectivity index (χ1n) is 7.63. The van der Waals surface area contributed by atoms with E-state index < -0.39 is 23.1 Å². The molecule has 1 heterocycles. The number of hydrogen-bond donors (Lipinski definition) is 1. The van der Waals surface area contributed by atoms with Crippen molar-refractivity contribution in [3.05, 3.63) is 35.6 Å². The number of aldehydes is 1. The zero-order valence-electron chi connectivity index (χ0n) is 14.0. The van der Waals surface area contributed by atoms with E-state index in [4.69, 9.17) is 9.57 Å². The van der Waals surface area contributed by atoms with E-state index in [-0.39, 0.29) is 19.4 Å². The lowest BCUT2D eigenvalue weighted by molar-refractivity contribution is -0.127. The fourth-order valence-electron chi connectivity index (χ4n) is 2.31. The van der Waals surface area contributed by atoms with Crippen molar-refractivity contribution in [2.24, 2.45) is 5.16 Å². The van der Waals surface area contributed by atoms with Crippen LogP contribution in [0.2, 0.25) is 0 Å². The van der Waals surface area contributed by atoms with E-state index >= 15 is 0 Å². The summed E-state index contributed by atoms with van der Waals surface area (Å²) in [6.45, 7) is 5.37. The average molecular weight is 336 g/mol. The van der Waals surface area contributed by atoms with E-state index in [0.717, 1.165) is 0 Å². The molecular weight excluding hydrogens is 315 g/mol. The van der Waals surface area contributed by atoms with Crippen molar-refractivity contribution in [3.8, 4) is 0 Å². The van der Waals surface area contributed by atoms with Gasteiger partial charge in [0.15, 0.2) is 6.29 Å². The largest absolute Gasteiger partial charge is 0.444 e. The zero-order chi connectivity index (χ0) is 17.8. The number of carbonyl (C=O) groups is 2. The minimum absolute atomic E-state index is 0.0720. The SMILES string of the molecule is CC(C)(C)OC(=O)NCC1=NOC(C=O)(Cc2ccccc2F)C1. The van der Waals surface area contributed by atoms with Crippen molar-refractivity contribution in [3.63, 3.8) is 0 Å².